The van der Waals surface area contributed by atoms with Gasteiger partial charge in [0, 0.05) is 38.8 Å². The van der Waals surface area contributed by atoms with Gasteiger partial charge >= 0.3 is 0 Å². The predicted octanol–water partition coefficient (Wildman–Crippen LogP) is 3.36. The maximum absolute atomic E-state index is 12.5. The molecule has 26 heavy (non-hydrogen) atoms. The van der Waals surface area contributed by atoms with Crippen molar-refractivity contribution in [1.29, 1.82) is 0 Å². The van der Waals surface area contributed by atoms with Crippen molar-refractivity contribution in [3.05, 3.63) is 30.7 Å². The van der Waals surface area contributed by atoms with E-state index in [1.165, 1.54) is 25.7 Å². The molecule has 4 rings (SSSR count). The first-order chi connectivity index (χ1) is 12.8. The lowest BCUT2D eigenvalue weighted by atomic mass is 10.0. The van der Waals surface area contributed by atoms with Gasteiger partial charge in [-0.25, -0.2) is 9.97 Å². The van der Waals surface area contributed by atoms with Crippen molar-refractivity contribution in [2.45, 2.75) is 38.5 Å². The van der Waals surface area contributed by atoms with Crippen molar-refractivity contribution in [1.82, 2.24) is 14.9 Å². The van der Waals surface area contributed by atoms with Crippen LogP contribution in [0, 0.1) is 5.92 Å². The van der Waals surface area contributed by atoms with Crippen LogP contribution in [0.1, 0.15) is 38.5 Å². The molecule has 2 fully saturated rings. The second-order valence-electron chi connectivity index (χ2n) is 7.28. The molecule has 2 aromatic heterocycles. The van der Waals surface area contributed by atoms with Gasteiger partial charge in [0.2, 0.25) is 11.9 Å². The Labute approximate surface area is 154 Å². The number of piperazine rings is 1. The van der Waals surface area contributed by atoms with Gasteiger partial charge in [-0.15, -0.1) is 0 Å². The highest BCUT2D eigenvalue weighted by Gasteiger charge is 2.24. The molecule has 0 radical (unpaired) electrons. The lowest BCUT2D eigenvalue weighted by Gasteiger charge is -2.35. The minimum absolute atomic E-state index is 0.307. The first-order valence-electron chi connectivity index (χ1n) is 9.69. The molecule has 0 unspecified atom stereocenters. The SMILES string of the molecule is O=C(CCC1CCCC1)N1CCN(c2nccc(-c3ccco3)n2)CC1. The normalized spacial score (nSPS) is 18.5. The van der Waals surface area contributed by atoms with E-state index in [2.05, 4.69) is 14.9 Å². The lowest BCUT2D eigenvalue weighted by molar-refractivity contribution is -0.131. The molecule has 0 spiro atoms. The molecule has 6 heteroatoms. The van der Waals surface area contributed by atoms with Crippen LogP contribution in [0.3, 0.4) is 0 Å². The van der Waals surface area contributed by atoms with Crippen LogP contribution in [-0.2, 0) is 4.79 Å². The van der Waals surface area contributed by atoms with Gasteiger partial charge in [0.1, 0.15) is 5.69 Å². The number of aromatic nitrogens is 2. The Morgan fingerprint density at radius 3 is 2.69 bits per heavy atom. The Balaban J connectivity index is 1.30. The van der Waals surface area contributed by atoms with E-state index in [0.29, 0.717) is 18.3 Å². The van der Waals surface area contributed by atoms with E-state index in [4.69, 9.17) is 4.42 Å². The van der Waals surface area contributed by atoms with Gasteiger partial charge in [-0.2, -0.15) is 0 Å². The smallest absolute Gasteiger partial charge is 0.226 e. The van der Waals surface area contributed by atoms with Gasteiger partial charge in [-0.3, -0.25) is 4.79 Å². The molecule has 1 amide bonds. The number of carbonyl (C=O) groups is 1. The zero-order chi connectivity index (χ0) is 17.8. The van der Waals surface area contributed by atoms with Crippen LogP contribution in [0.25, 0.3) is 11.5 Å². The quantitative estimate of drug-likeness (QED) is 0.824. The molecule has 3 heterocycles. The molecule has 1 saturated carbocycles. The zero-order valence-corrected chi connectivity index (χ0v) is 15.1. The number of anilines is 1. The van der Waals surface area contributed by atoms with Crippen molar-refractivity contribution in [3.63, 3.8) is 0 Å². The molecule has 138 valence electrons. The second-order valence-corrected chi connectivity index (χ2v) is 7.28. The Bertz CT molecular complexity index is 717. The predicted molar refractivity (Wildman–Crippen MR) is 99.7 cm³/mol. The van der Waals surface area contributed by atoms with Gasteiger partial charge in [0.15, 0.2) is 5.76 Å². The summed E-state index contributed by atoms with van der Waals surface area (Å²) in [7, 11) is 0. The number of hydrogen-bond donors (Lipinski definition) is 0. The molecule has 1 aliphatic carbocycles. The summed E-state index contributed by atoms with van der Waals surface area (Å²) in [5.74, 6) is 2.53. The molecule has 6 nitrogen and oxygen atoms in total. The van der Waals surface area contributed by atoms with Gasteiger partial charge in [-0.05, 0) is 30.5 Å². The van der Waals surface area contributed by atoms with Crippen molar-refractivity contribution >= 4 is 11.9 Å². The summed E-state index contributed by atoms with van der Waals surface area (Å²) in [5, 5.41) is 0. The summed E-state index contributed by atoms with van der Waals surface area (Å²) in [6.45, 7) is 3.04. The van der Waals surface area contributed by atoms with E-state index in [-0.39, 0.29) is 0 Å². The summed E-state index contributed by atoms with van der Waals surface area (Å²) < 4.78 is 5.42. The van der Waals surface area contributed by atoms with Crippen molar-refractivity contribution in [3.8, 4) is 11.5 Å². The summed E-state index contributed by atoms with van der Waals surface area (Å²) >= 11 is 0. The van der Waals surface area contributed by atoms with Crippen LogP contribution < -0.4 is 4.90 Å². The molecule has 0 N–H and O–H groups in total. The Morgan fingerprint density at radius 1 is 1.15 bits per heavy atom. The highest BCUT2D eigenvalue weighted by molar-refractivity contribution is 5.76. The molecule has 0 bridgehead atoms. The third kappa shape index (κ3) is 3.89. The topological polar surface area (TPSA) is 62.5 Å². The Hall–Kier alpha value is -2.37. The molecule has 0 aromatic carbocycles. The highest BCUT2D eigenvalue weighted by atomic mass is 16.3. The summed E-state index contributed by atoms with van der Waals surface area (Å²) in [4.78, 5) is 25.6. The first-order valence-corrected chi connectivity index (χ1v) is 9.69. The van der Waals surface area contributed by atoms with E-state index in [9.17, 15) is 4.79 Å². The van der Waals surface area contributed by atoms with Crippen LogP contribution in [-0.4, -0.2) is 47.0 Å². The minimum Gasteiger partial charge on any atom is -0.463 e. The molecular formula is C20H26N4O2. The molecule has 2 aromatic rings. The van der Waals surface area contributed by atoms with E-state index in [0.717, 1.165) is 50.0 Å². The van der Waals surface area contributed by atoms with Crippen molar-refractivity contribution in [2.24, 2.45) is 5.92 Å². The molecule has 1 aliphatic heterocycles. The standard InChI is InChI=1S/C20H26N4O2/c25-19(8-7-16-4-1-2-5-16)23-11-13-24(14-12-23)20-21-10-9-17(22-20)18-6-3-15-26-18/h3,6,9-10,15-16H,1-2,4-5,7-8,11-14H2. The van der Waals surface area contributed by atoms with Crippen LogP contribution in [0.2, 0.25) is 0 Å². The van der Waals surface area contributed by atoms with Gasteiger partial charge in [0.25, 0.3) is 0 Å². The van der Waals surface area contributed by atoms with Crippen molar-refractivity contribution < 1.29 is 9.21 Å². The third-order valence-electron chi connectivity index (χ3n) is 5.57. The highest BCUT2D eigenvalue weighted by Crippen LogP contribution is 2.29. The fraction of sp³-hybridized carbons (Fsp3) is 0.550. The largest absolute Gasteiger partial charge is 0.463 e. The number of furan rings is 1. The molecule has 0 atom stereocenters. The maximum atomic E-state index is 12.5. The van der Waals surface area contributed by atoms with Crippen LogP contribution >= 0.6 is 0 Å². The molecular weight excluding hydrogens is 328 g/mol. The number of amides is 1. The summed E-state index contributed by atoms with van der Waals surface area (Å²) in [6, 6.07) is 5.60. The molecule has 1 saturated heterocycles. The third-order valence-corrected chi connectivity index (χ3v) is 5.57. The van der Waals surface area contributed by atoms with Crippen LogP contribution in [0.15, 0.2) is 35.1 Å². The van der Waals surface area contributed by atoms with Crippen molar-refractivity contribution in [2.75, 3.05) is 31.1 Å². The average Bonchev–Trinajstić information content (AvgIpc) is 3.40. The van der Waals surface area contributed by atoms with Gasteiger partial charge in [0.05, 0.1) is 6.26 Å². The number of nitrogens with zero attached hydrogens (tertiary/aromatic N) is 4. The van der Waals surface area contributed by atoms with Crippen LogP contribution in [0.4, 0.5) is 5.95 Å². The maximum Gasteiger partial charge on any atom is 0.226 e. The summed E-state index contributed by atoms with van der Waals surface area (Å²) in [5.41, 5.74) is 0.787. The summed E-state index contributed by atoms with van der Waals surface area (Å²) in [6.07, 6.45) is 10.5. The van der Waals surface area contributed by atoms with Crippen LogP contribution in [0.5, 0.6) is 0 Å². The van der Waals surface area contributed by atoms with E-state index in [1.54, 1.807) is 12.5 Å². The average molecular weight is 354 g/mol. The van der Waals surface area contributed by atoms with Gasteiger partial charge < -0.3 is 14.2 Å². The zero-order valence-electron chi connectivity index (χ0n) is 15.1. The number of rotatable bonds is 5. The molecule has 2 aliphatic rings. The van der Waals surface area contributed by atoms with E-state index >= 15 is 0 Å². The Morgan fingerprint density at radius 2 is 1.96 bits per heavy atom. The number of hydrogen-bond acceptors (Lipinski definition) is 5. The second kappa shape index (κ2) is 7.89. The van der Waals surface area contributed by atoms with E-state index < -0.39 is 0 Å². The van der Waals surface area contributed by atoms with Gasteiger partial charge in [-0.1, -0.05) is 25.7 Å². The Kier molecular flexibility index (Phi) is 5.18. The first kappa shape index (κ1) is 17.1. The monoisotopic (exact) mass is 354 g/mol. The minimum atomic E-state index is 0.307. The lowest BCUT2D eigenvalue weighted by Crippen LogP contribution is -2.49. The fourth-order valence-corrected chi connectivity index (χ4v) is 4.00. The fourth-order valence-electron chi connectivity index (χ4n) is 4.00. The number of carbonyl (C=O) groups excluding carboxylic acids is 1. The van der Waals surface area contributed by atoms with E-state index in [1.807, 2.05) is 23.1 Å².